The van der Waals surface area contributed by atoms with E-state index in [-0.39, 0.29) is 11.1 Å². The van der Waals surface area contributed by atoms with Gasteiger partial charge < -0.3 is 10.3 Å². The summed E-state index contributed by atoms with van der Waals surface area (Å²) in [6.07, 6.45) is 3.86. The molecule has 1 saturated heterocycles. The molecular formula is C13H12Cl2FN3. The van der Waals surface area contributed by atoms with Crippen LogP contribution >= 0.6 is 23.2 Å². The van der Waals surface area contributed by atoms with Gasteiger partial charge in [-0.2, -0.15) is 0 Å². The number of hydrogen-bond donors (Lipinski definition) is 2. The molecule has 100 valence electrons. The number of hydrogen-bond acceptors (Lipinski definition) is 2. The standard InChI is InChI=1S/C13H12Cl2FN3/c14-8-5-9(15)10(16)4-7(8)12-6-18-13(19-12)11-2-1-3-17-11/h4-6,11,17H,1-3H2,(H,18,19). The molecule has 1 atom stereocenters. The smallest absolute Gasteiger partial charge is 0.142 e. The lowest BCUT2D eigenvalue weighted by atomic mass is 10.1. The van der Waals surface area contributed by atoms with Gasteiger partial charge in [0.15, 0.2) is 0 Å². The summed E-state index contributed by atoms with van der Waals surface area (Å²) in [6, 6.07) is 2.97. The molecular weight excluding hydrogens is 288 g/mol. The molecule has 0 spiro atoms. The Morgan fingerprint density at radius 1 is 1.26 bits per heavy atom. The van der Waals surface area contributed by atoms with Crippen LogP contribution in [-0.4, -0.2) is 16.5 Å². The molecule has 0 aliphatic carbocycles. The Bertz CT molecular complexity index is 606. The lowest BCUT2D eigenvalue weighted by Crippen LogP contribution is -2.14. The van der Waals surface area contributed by atoms with E-state index in [1.807, 2.05) is 0 Å². The Kier molecular flexibility index (Phi) is 3.48. The van der Waals surface area contributed by atoms with E-state index in [1.165, 1.54) is 12.1 Å². The van der Waals surface area contributed by atoms with E-state index in [9.17, 15) is 4.39 Å². The van der Waals surface area contributed by atoms with Crippen molar-refractivity contribution < 1.29 is 4.39 Å². The summed E-state index contributed by atoms with van der Waals surface area (Å²) >= 11 is 11.8. The maximum absolute atomic E-state index is 13.5. The maximum atomic E-state index is 13.5. The normalized spacial score (nSPS) is 19.0. The predicted molar refractivity (Wildman–Crippen MR) is 74.0 cm³/mol. The van der Waals surface area contributed by atoms with Crippen LogP contribution in [-0.2, 0) is 0 Å². The van der Waals surface area contributed by atoms with E-state index in [2.05, 4.69) is 15.3 Å². The molecule has 1 fully saturated rings. The molecule has 1 aromatic heterocycles. The van der Waals surface area contributed by atoms with Gasteiger partial charge in [-0.05, 0) is 31.5 Å². The van der Waals surface area contributed by atoms with Gasteiger partial charge in [-0.1, -0.05) is 23.2 Å². The highest BCUT2D eigenvalue weighted by molar-refractivity contribution is 6.36. The largest absolute Gasteiger partial charge is 0.341 e. The van der Waals surface area contributed by atoms with E-state index in [4.69, 9.17) is 23.2 Å². The van der Waals surface area contributed by atoms with E-state index >= 15 is 0 Å². The average Bonchev–Trinajstić information content (AvgIpc) is 3.03. The number of imidazole rings is 1. The maximum Gasteiger partial charge on any atom is 0.142 e. The van der Waals surface area contributed by atoms with Crippen LogP contribution in [0.1, 0.15) is 24.7 Å². The fourth-order valence-corrected chi connectivity index (χ4v) is 2.78. The summed E-state index contributed by atoms with van der Waals surface area (Å²) < 4.78 is 13.5. The van der Waals surface area contributed by atoms with Gasteiger partial charge in [-0.15, -0.1) is 0 Å². The van der Waals surface area contributed by atoms with Gasteiger partial charge in [0.25, 0.3) is 0 Å². The van der Waals surface area contributed by atoms with Crippen LogP contribution in [0.25, 0.3) is 11.3 Å². The van der Waals surface area contributed by atoms with E-state index in [0.29, 0.717) is 16.3 Å². The van der Waals surface area contributed by atoms with Crippen molar-refractivity contribution in [1.29, 1.82) is 0 Å². The van der Waals surface area contributed by atoms with E-state index in [0.717, 1.165) is 25.2 Å². The number of rotatable bonds is 2. The third kappa shape index (κ3) is 2.48. The molecule has 0 saturated carbocycles. The first-order chi connectivity index (χ1) is 9.15. The topological polar surface area (TPSA) is 40.7 Å². The molecule has 1 aliphatic heterocycles. The van der Waals surface area contributed by atoms with Crippen molar-refractivity contribution in [2.45, 2.75) is 18.9 Å². The molecule has 1 aromatic carbocycles. The van der Waals surface area contributed by atoms with Crippen LogP contribution < -0.4 is 5.32 Å². The van der Waals surface area contributed by atoms with Gasteiger partial charge in [0.1, 0.15) is 11.6 Å². The molecule has 3 nitrogen and oxygen atoms in total. The van der Waals surface area contributed by atoms with Crippen LogP contribution in [0.5, 0.6) is 0 Å². The number of H-pyrrole nitrogens is 1. The number of aromatic nitrogens is 2. The Morgan fingerprint density at radius 2 is 2.11 bits per heavy atom. The Labute approximate surface area is 120 Å². The molecule has 1 aliphatic rings. The minimum atomic E-state index is -0.490. The molecule has 0 amide bonds. The fraction of sp³-hybridized carbons (Fsp3) is 0.308. The molecule has 1 unspecified atom stereocenters. The molecule has 2 aromatic rings. The van der Waals surface area contributed by atoms with Crippen molar-refractivity contribution in [3.05, 3.63) is 40.0 Å². The van der Waals surface area contributed by atoms with E-state index < -0.39 is 5.82 Å². The lowest BCUT2D eigenvalue weighted by molar-refractivity contribution is 0.613. The highest BCUT2D eigenvalue weighted by Gasteiger charge is 2.20. The highest BCUT2D eigenvalue weighted by Crippen LogP contribution is 2.32. The molecule has 19 heavy (non-hydrogen) atoms. The number of nitrogens with one attached hydrogen (secondary N) is 2. The van der Waals surface area contributed by atoms with Gasteiger partial charge in [-0.3, -0.25) is 0 Å². The average molecular weight is 300 g/mol. The van der Waals surface area contributed by atoms with Gasteiger partial charge in [0.2, 0.25) is 0 Å². The summed E-state index contributed by atoms with van der Waals surface area (Å²) in [5.41, 5.74) is 1.27. The Morgan fingerprint density at radius 3 is 2.84 bits per heavy atom. The zero-order chi connectivity index (χ0) is 13.4. The van der Waals surface area contributed by atoms with Gasteiger partial charge >= 0.3 is 0 Å². The first-order valence-electron chi connectivity index (χ1n) is 6.08. The highest BCUT2D eigenvalue weighted by atomic mass is 35.5. The molecule has 3 rings (SSSR count). The number of benzene rings is 1. The van der Waals surface area contributed by atoms with Gasteiger partial charge in [-0.25, -0.2) is 9.37 Å². The summed E-state index contributed by atoms with van der Waals surface area (Å²) in [5.74, 6) is 0.370. The predicted octanol–water partition coefficient (Wildman–Crippen LogP) is 3.95. The third-order valence-electron chi connectivity index (χ3n) is 3.29. The number of aromatic amines is 1. The van der Waals surface area contributed by atoms with Crippen LogP contribution in [0.15, 0.2) is 18.3 Å². The Hall–Kier alpha value is -1.10. The van der Waals surface area contributed by atoms with Crippen LogP contribution in [0.3, 0.4) is 0 Å². The first-order valence-corrected chi connectivity index (χ1v) is 6.84. The van der Waals surface area contributed by atoms with Crippen molar-refractivity contribution in [1.82, 2.24) is 15.3 Å². The molecule has 2 N–H and O–H groups in total. The SMILES string of the molecule is Fc1cc(-c2cnc(C3CCCN3)[nH]2)c(Cl)cc1Cl. The summed E-state index contributed by atoms with van der Waals surface area (Å²) in [6.45, 7) is 0.997. The second-order valence-electron chi connectivity index (χ2n) is 4.58. The van der Waals surface area contributed by atoms with Crippen molar-refractivity contribution in [2.75, 3.05) is 6.54 Å². The Balaban J connectivity index is 1.96. The lowest BCUT2D eigenvalue weighted by Gasteiger charge is -2.06. The monoisotopic (exact) mass is 299 g/mol. The summed E-state index contributed by atoms with van der Waals surface area (Å²) in [7, 11) is 0. The van der Waals surface area contributed by atoms with Crippen molar-refractivity contribution in [3.8, 4) is 11.3 Å². The third-order valence-corrected chi connectivity index (χ3v) is 3.89. The van der Waals surface area contributed by atoms with Gasteiger partial charge in [0.05, 0.1) is 28.0 Å². The van der Waals surface area contributed by atoms with Crippen molar-refractivity contribution in [2.24, 2.45) is 0 Å². The minimum Gasteiger partial charge on any atom is -0.341 e. The zero-order valence-corrected chi connectivity index (χ0v) is 11.5. The second-order valence-corrected chi connectivity index (χ2v) is 5.39. The number of halogens is 3. The first kappa shape index (κ1) is 12.9. The summed E-state index contributed by atoms with van der Waals surface area (Å²) in [4.78, 5) is 7.53. The van der Waals surface area contributed by atoms with Crippen LogP contribution in [0, 0.1) is 5.82 Å². The summed E-state index contributed by atoms with van der Waals surface area (Å²) in [5, 5.41) is 3.77. The quantitative estimate of drug-likeness (QED) is 0.825. The van der Waals surface area contributed by atoms with Crippen LogP contribution in [0.2, 0.25) is 10.0 Å². The molecule has 0 bridgehead atoms. The van der Waals surface area contributed by atoms with Crippen molar-refractivity contribution in [3.63, 3.8) is 0 Å². The molecule has 2 heterocycles. The van der Waals surface area contributed by atoms with Crippen molar-refractivity contribution >= 4 is 23.2 Å². The second kappa shape index (κ2) is 5.12. The van der Waals surface area contributed by atoms with E-state index in [1.54, 1.807) is 6.20 Å². The number of nitrogens with zero attached hydrogens (tertiary/aromatic N) is 1. The van der Waals surface area contributed by atoms with Crippen LogP contribution in [0.4, 0.5) is 4.39 Å². The molecule has 0 radical (unpaired) electrons. The fourth-order valence-electron chi connectivity index (χ4n) is 2.30. The zero-order valence-electron chi connectivity index (χ0n) is 10.0. The van der Waals surface area contributed by atoms with Gasteiger partial charge in [0, 0.05) is 5.56 Å². The minimum absolute atomic E-state index is 0.0194. The molecule has 6 heteroatoms.